The van der Waals surface area contributed by atoms with Crippen molar-refractivity contribution in [3.63, 3.8) is 0 Å². The second-order valence-corrected chi connectivity index (χ2v) is 4.68. The van der Waals surface area contributed by atoms with E-state index in [9.17, 15) is 0 Å². The van der Waals surface area contributed by atoms with Gasteiger partial charge in [0.1, 0.15) is 0 Å². The summed E-state index contributed by atoms with van der Waals surface area (Å²) in [5.41, 5.74) is 0. The first-order valence-electron chi connectivity index (χ1n) is 5.69. The molecule has 2 rings (SSSR count). The Bertz CT molecular complexity index is 340. The van der Waals surface area contributed by atoms with Crippen LogP contribution in [-0.2, 0) is 0 Å². The summed E-state index contributed by atoms with van der Waals surface area (Å²) in [4.78, 5) is 2.26. The Morgan fingerprint density at radius 3 is 2.88 bits per heavy atom. The number of hydrogen-bond acceptors (Lipinski definition) is 4. The molecule has 1 aliphatic rings. The molecule has 0 aromatic carbocycles. The van der Waals surface area contributed by atoms with Gasteiger partial charge < -0.3 is 10.2 Å². The van der Waals surface area contributed by atoms with Crippen LogP contribution in [0.3, 0.4) is 0 Å². The van der Waals surface area contributed by atoms with Crippen LogP contribution in [0.25, 0.3) is 0 Å². The fourth-order valence-electron chi connectivity index (χ4n) is 2.09. The minimum atomic E-state index is 0.443. The van der Waals surface area contributed by atoms with Gasteiger partial charge in [-0.15, -0.1) is 10.2 Å². The monoisotopic (exact) mass is 240 g/mol. The topological polar surface area (TPSA) is 41.1 Å². The van der Waals surface area contributed by atoms with Crippen molar-refractivity contribution in [2.45, 2.75) is 32.4 Å². The van der Waals surface area contributed by atoms with E-state index in [1.807, 2.05) is 6.07 Å². The van der Waals surface area contributed by atoms with Gasteiger partial charge in [-0.05, 0) is 25.5 Å². The molecule has 0 spiro atoms. The van der Waals surface area contributed by atoms with E-state index in [4.69, 9.17) is 11.6 Å². The zero-order valence-corrected chi connectivity index (χ0v) is 10.4. The zero-order valence-electron chi connectivity index (χ0n) is 9.65. The van der Waals surface area contributed by atoms with Crippen LogP contribution in [0.15, 0.2) is 12.1 Å². The van der Waals surface area contributed by atoms with E-state index in [1.54, 1.807) is 6.07 Å². The Morgan fingerprint density at radius 2 is 2.25 bits per heavy atom. The highest BCUT2D eigenvalue weighted by Crippen LogP contribution is 2.16. The van der Waals surface area contributed by atoms with Crippen molar-refractivity contribution >= 4 is 17.4 Å². The van der Waals surface area contributed by atoms with Crippen LogP contribution in [0.1, 0.15) is 20.3 Å². The van der Waals surface area contributed by atoms with Crippen molar-refractivity contribution in [2.75, 3.05) is 18.0 Å². The Labute approximate surface area is 101 Å². The maximum absolute atomic E-state index is 5.73. The molecular formula is C11H17ClN4. The highest BCUT2D eigenvalue weighted by molar-refractivity contribution is 6.29. The lowest BCUT2D eigenvalue weighted by Gasteiger charge is -2.37. The maximum atomic E-state index is 5.73. The summed E-state index contributed by atoms with van der Waals surface area (Å²) in [5, 5.41) is 12.0. The predicted octanol–water partition coefficient (Wildman–Crippen LogP) is 1.71. The summed E-state index contributed by atoms with van der Waals surface area (Å²) in [6.07, 6.45) is 1.13. The lowest BCUT2D eigenvalue weighted by molar-refractivity contribution is 0.378. The van der Waals surface area contributed by atoms with Crippen molar-refractivity contribution in [1.82, 2.24) is 15.5 Å². The van der Waals surface area contributed by atoms with Crippen molar-refractivity contribution in [3.05, 3.63) is 17.3 Å². The van der Waals surface area contributed by atoms with E-state index in [1.165, 1.54) is 0 Å². The fourth-order valence-corrected chi connectivity index (χ4v) is 2.19. The van der Waals surface area contributed by atoms with E-state index < -0.39 is 0 Å². The Hall–Kier alpha value is -0.870. The third-order valence-corrected chi connectivity index (χ3v) is 3.09. The van der Waals surface area contributed by atoms with Crippen LogP contribution in [0.5, 0.6) is 0 Å². The minimum absolute atomic E-state index is 0.443. The molecule has 2 unspecified atom stereocenters. The molecule has 1 aliphatic heterocycles. The molecular weight excluding hydrogens is 224 g/mol. The number of anilines is 1. The Morgan fingerprint density at radius 1 is 1.44 bits per heavy atom. The SMILES string of the molecule is CCC1CN(c2ccc(Cl)nn2)CC(C)N1. The molecule has 1 aromatic heterocycles. The first-order chi connectivity index (χ1) is 7.69. The number of halogens is 1. The van der Waals surface area contributed by atoms with E-state index in [0.717, 1.165) is 25.3 Å². The van der Waals surface area contributed by atoms with Crippen molar-refractivity contribution in [2.24, 2.45) is 0 Å². The van der Waals surface area contributed by atoms with Crippen LogP contribution in [0.4, 0.5) is 5.82 Å². The third kappa shape index (κ3) is 2.62. The largest absolute Gasteiger partial charge is 0.352 e. The first kappa shape index (κ1) is 11.6. The number of rotatable bonds is 2. The van der Waals surface area contributed by atoms with Crippen molar-refractivity contribution in [1.29, 1.82) is 0 Å². The van der Waals surface area contributed by atoms with Crippen LogP contribution in [-0.4, -0.2) is 35.4 Å². The molecule has 0 amide bonds. The van der Waals surface area contributed by atoms with Crippen molar-refractivity contribution in [3.8, 4) is 0 Å². The molecule has 1 aromatic rings. The van der Waals surface area contributed by atoms with E-state index in [2.05, 4.69) is 34.3 Å². The first-order valence-corrected chi connectivity index (χ1v) is 6.07. The van der Waals surface area contributed by atoms with E-state index in [0.29, 0.717) is 17.2 Å². The molecule has 1 saturated heterocycles. The molecule has 2 heterocycles. The highest BCUT2D eigenvalue weighted by atomic mass is 35.5. The summed E-state index contributed by atoms with van der Waals surface area (Å²) in [7, 11) is 0. The Kier molecular flexibility index (Phi) is 3.61. The molecule has 1 N–H and O–H groups in total. The molecule has 0 saturated carbocycles. The highest BCUT2D eigenvalue weighted by Gasteiger charge is 2.23. The summed E-state index contributed by atoms with van der Waals surface area (Å²) in [6, 6.07) is 4.73. The smallest absolute Gasteiger partial charge is 0.151 e. The van der Waals surface area contributed by atoms with Gasteiger partial charge in [0, 0.05) is 25.2 Å². The summed E-state index contributed by atoms with van der Waals surface area (Å²) in [6.45, 7) is 6.34. The summed E-state index contributed by atoms with van der Waals surface area (Å²) < 4.78 is 0. The third-order valence-electron chi connectivity index (χ3n) is 2.89. The molecule has 0 bridgehead atoms. The average Bonchev–Trinajstić information content (AvgIpc) is 2.29. The number of piperazine rings is 1. The van der Waals surface area contributed by atoms with Crippen LogP contribution in [0, 0.1) is 0 Å². The van der Waals surface area contributed by atoms with Gasteiger partial charge in [-0.2, -0.15) is 0 Å². The van der Waals surface area contributed by atoms with Gasteiger partial charge in [0.05, 0.1) is 0 Å². The van der Waals surface area contributed by atoms with E-state index >= 15 is 0 Å². The van der Waals surface area contributed by atoms with Gasteiger partial charge in [-0.25, -0.2) is 0 Å². The van der Waals surface area contributed by atoms with Crippen molar-refractivity contribution < 1.29 is 0 Å². The maximum Gasteiger partial charge on any atom is 0.151 e. The minimum Gasteiger partial charge on any atom is -0.352 e. The molecule has 5 heteroatoms. The normalized spacial score (nSPS) is 25.8. The molecule has 0 radical (unpaired) electrons. The van der Waals surface area contributed by atoms with Gasteiger partial charge >= 0.3 is 0 Å². The van der Waals surface area contributed by atoms with Crippen LogP contribution in [0.2, 0.25) is 5.15 Å². The standard InChI is InChI=1S/C11H17ClN4/c1-3-9-7-16(6-8(2)13-9)11-5-4-10(12)14-15-11/h4-5,8-9,13H,3,6-7H2,1-2H3. The van der Waals surface area contributed by atoms with Gasteiger partial charge in [-0.1, -0.05) is 18.5 Å². The number of aromatic nitrogens is 2. The quantitative estimate of drug-likeness (QED) is 0.855. The molecule has 0 aliphatic carbocycles. The fraction of sp³-hybridized carbons (Fsp3) is 0.636. The number of nitrogens with zero attached hydrogens (tertiary/aromatic N) is 3. The molecule has 88 valence electrons. The second-order valence-electron chi connectivity index (χ2n) is 4.29. The van der Waals surface area contributed by atoms with Crippen LogP contribution < -0.4 is 10.2 Å². The average molecular weight is 241 g/mol. The van der Waals surface area contributed by atoms with Gasteiger partial charge in [0.25, 0.3) is 0 Å². The molecule has 16 heavy (non-hydrogen) atoms. The van der Waals surface area contributed by atoms with E-state index in [-0.39, 0.29) is 0 Å². The number of nitrogens with one attached hydrogen (secondary N) is 1. The number of hydrogen-bond donors (Lipinski definition) is 1. The Balaban J connectivity index is 2.11. The predicted molar refractivity (Wildman–Crippen MR) is 65.9 cm³/mol. The van der Waals surface area contributed by atoms with Crippen LogP contribution >= 0.6 is 11.6 Å². The summed E-state index contributed by atoms with van der Waals surface area (Å²) in [5.74, 6) is 0.913. The van der Waals surface area contributed by atoms with Gasteiger partial charge in [-0.3, -0.25) is 0 Å². The molecule has 4 nitrogen and oxygen atoms in total. The lowest BCUT2D eigenvalue weighted by atomic mass is 10.1. The van der Waals surface area contributed by atoms with Gasteiger partial charge in [0.15, 0.2) is 11.0 Å². The molecule has 2 atom stereocenters. The molecule has 1 fully saturated rings. The summed E-state index contributed by atoms with van der Waals surface area (Å²) >= 11 is 5.73. The zero-order chi connectivity index (χ0) is 11.5. The van der Waals surface area contributed by atoms with Gasteiger partial charge in [0.2, 0.25) is 0 Å². The lowest BCUT2D eigenvalue weighted by Crippen LogP contribution is -2.55. The second kappa shape index (κ2) is 4.97.